The van der Waals surface area contributed by atoms with Crippen LogP contribution in [-0.2, 0) is 0 Å². The molecule has 1 amide bonds. The molecule has 0 fully saturated rings. The van der Waals surface area contributed by atoms with Crippen LogP contribution in [0.5, 0.6) is 5.75 Å². The Hall–Kier alpha value is -2.45. The molecular formula is C22H31N5O2S. The molecule has 3 aromatic rings. The number of fused-ring (bicyclic) bond motifs is 1. The van der Waals surface area contributed by atoms with Gasteiger partial charge in [-0.15, -0.1) is 0 Å². The molecule has 30 heavy (non-hydrogen) atoms. The highest BCUT2D eigenvalue weighted by Crippen LogP contribution is 2.35. The molecular weight excluding hydrogens is 398 g/mol. The molecule has 0 bridgehead atoms. The van der Waals surface area contributed by atoms with Crippen LogP contribution in [0.3, 0.4) is 0 Å². The minimum absolute atomic E-state index is 0.0694. The molecule has 0 aliphatic rings. The van der Waals surface area contributed by atoms with Crippen LogP contribution in [0.2, 0.25) is 0 Å². The maximum atomic E-state index is 13.6. The molecule has 2 aromatic heterocycles. The van der Waals surface area contributed by atoms with Gasteiger partial charge in [0.25, 0.3) is 5.91 Å². The van der Waals surface area contributed by atoms with E-state index in [0.29, 0.717) is 24.0 Å². The number of anilines is 1. The monoisotopic (exact) mass is 429 g/mol. The minimum atomic E-state index is -0.0694. The fourth-order valence-electron chi connectivity index (χ4n) is 3.34. The van der Waals surface area contributed by atoms with Gasteiger partial charge in [0, 0.05) is 12.6 Å². The van der Waals surface area contributed by atoms with Crippen LogP contribution in [0, 0.1) is 6.92 Å². The summed E-state index contributed by atoms with van der Waals surface area (Å²) in [6.45, 7) is 9.99. The summed E-state index contributed by atoms with van der Waals surface area (Å²) in [5.41, 5.74) is 2.23. The summed E-state index contributed by atoms with van der Waals surface area (Å²) >= 11 is 1.52. The fraction of sp³-hybridized carbons (Fsp3) is 0.500. The molecule has 7 nitrogen and oxygen atoms in total. The largest absolute Gasteiger partial charge is 0.492 e. The van der Waals surface area contributed by atoms with Crippen LogP contribution < -0.4 is 9.64 Å². The number of ether oxygens (including phenoxy) is 1. The van der Waals surface area contributed by atoms with Crippen LogP contribution in [0.4, 0.5) is 5.13 Å². The van der Waals surface area contributed by atoms with E-state index in [4.69, 9.17) is 9.72 Å². The number of nitrogens with zero attached hydrogens (tertiary/aromatic N) is 5. The van der Waals surface area contributed by atoms with Gasteiger partial charge < -0.3 is 9.64 Å². The Morgan fingerprint density at radius 2 is 2.03 bits per heavy atom. The quantitative estimate of drug-likeness (QED) is 0.505. The third-order valence-electron chi connectivity index (χ3n) is 4.70. The lowest BCUT2D eigenvalue weighted by Gasteiger charge is -2.22. The van der Waals surface area contributed by atoms with Crippen molar-refractivity contribution in [3.8, 4) is 5.75 Å². The van der Waals surface area contributed by atoms with E-state index in [9.17, 15) is 4.79 Å². The molecule has 3 rings (SSSR count). The summed E-state index contributed by atoms with van der Waals surface area (Å²) in [5, 5.41) is 5.21. The first kappa shape index (κ1) is 22.2. The molecule has 0 aliphatic carbocycles. The number of amides is 1. The molecule has 0 N–H and O–H groups in total. The van der Waals surface area contributed by atoms with Gasteiger partial charge in [-0.2, -0.15) is 5.10 Å². The molecule has 0 radical (unpaired) electrons. The summed E-state index contributed by atoms with van der Waals surface area (Å²) in [6.07, 6.45) is 0.849. The second kappa shape index (κ2) is 9.57. The van der Waals surface area contributed by atoms with E-state index in [1.54, 1.807) is 9.58 Å². The normalized spacial score (nSPS) is 11.6. The van der Waals surface area contributed by atoms with Crippen LogP contribution >= 0.6 is 11.3 Å². The van der Waals surface area contributed by atoms with Crippen molar-refractivity contribution in [3.05, 3.63) is 35.7 Å². The zero-order valence-electron chi connectivity index (χ0n) is 18.7. The average Bonchev–Trinajstić information content (AvgIpc) is 3.29. The van der Waals surface area contributed by atoms with Crippen molar-refractivity contribution < 1.29 is 9.53 Å². The van der Waals surface area contributed by atoms with E-state index in [-0.39, 0.29) is 11.9 Å². The highest BCUT2D eigenvalue weighted by Gasteiger charge is 2.26. The van der Waals surface area contributed by atoms with Crippen LogP contribution in [-0.4, -0.2) is 59.4 Å². The second-order valence-electron chi connectivity index (χ2n) is 7.86. The maximum absolute atomic E-state index is 13.6. The average molecular weight is 430 g/mol. The summed E-state index contributed by atoms with van der Waals surface area (Å²) < 4.78 is 8.55. The number of hydrogen-bond acceptors (Lipinski definition) is 6. The smallest absolute Gasteiger partial charge is 0.278 e. The first-order valence-electron chi connectivity index (χ1n) is 10.4. The number of hydrogen-bond donors (Lipinski definition) is 0. The Kier molecular flexibility index (Phi) is 7.10. The summed E-state index contributed by atoms with van der Waals surface area (Å²) in [5.74, 6) is 0.682. The molecule has 0 aliphatic heterocycles. The van der Waals surface area contributed by atoms with E-state index < -0.39 is 0 Å². The zero-order valence-corrected chi connectivity index (χ0v) is 19.5. The van der Waals surface area contributed by atoms with Crippen molar-refractivity contribution in [1.29, 1.82) is 0 Å². The van der Waals surface area contributed by atoms with Gasteiger partial charge in [0.1, 0.15) is 17.0 Å². The van der Waals surface area contributed by atoms with Gasteiger partial charge in [0.2, 0.25) is 0 Å². The highest BCUT2D eigenvalue weighted by molar-refractivity contribution is 7.22. The Labute approximate surface area is 182 Å². The lowest BCUT2D eigenvalue weighted by molar-refractivity contribution is 0.0974. The van der Waals surface area contributed by atoms with Gasteiger partial charge >= 0.3 is 0 Å². The SMILES string of the molecule is CCOc1cccc2sc(N(CCCN(C)C)C(=O)c3cc(C)nn3C(C)C)nc12. The van der Waals surface area contributed by atoms with Gasteiger partial charge in [-0.25, -0.2) is 4.98 Å². The molecule has 0 saturated heterocycles. The molecule has 0 saturated carbocycles. The molecule has 0 unspecified atom stereocenters. The molecule has 2 heterocycles. The highest BCUT2D eigenvalue weighted by atomic mass is 32.1. The van der Waals surface area contributed by atoms with Crippen LogP contribution in [0.15, 0.2) is 24.3 Å². The minimum Gasteiger partial charge on any atom is -0.492 e. The number of aryl methyl sites for hydroxylation is 1. The van der Waals surface area contributed by atoms with E-state index in [2.05, 4.69) is 10.00 Å². The third kappa shape index (κ3) is 4.82. The van der Waals surface area contributed by atoms with Gasteiger partial charge in [0.15, 0.2) is 5.13 Å². The first-order valence-corrected chi connectivity index (χ1v) is 11.2. The summed E-state index contributed by atoms with van der Waals surface area (Å²) in [6, 6.07) is 7.86. The lowest BCUT2D eigenvalue weighted by Crippen LogP contribution is -2.35. The van der Waals surface area contributed by atoms with Crippen LogP contribution in [0.25, 0.3) is 10.2 Å². The molecule has 0 atom stereocenters. The fourth-order valence-corrected chi connectivity index (χ4v) is 4.34. The Balaban J connectivity index is 2.02. The lowest BCUT2D eigenvalue weighted by atomic mass is 10.3. The Morgan fingerprint density at radius 1 is 1.27 bits per heavy atom. The summed E-state index contributed by atoms with van der Waals surface area (Å²) in [7, 11) is 4.07. The number of aromatic nitrogens is 3. The Morgan fingerprint density at radius 3 is 2.70 bits per heavy atom. The van der Waals surface area contributed by atoms with Crippen molar-refractivity contribution >= 4 is 32.6 Å². The first-order chi connectivity index (χ1) is 14.3. The van der Waals surface area contributed by atoms with E-state index in [1.165, 1.54) is 11.3 Å². The predicted octanol–water partition coefficient (Wildman–Crippen LogP) is 4.38. The number of thiazole rings is 1. The number of rotatable bonds is 9. The van der Waals surface area contributed by atoms with Gasteiger partial charge in [-0.3, -0.25) is 14.4 Å². The van der Waals surface area contributed by atoms with E-state index >= 15 is 0 Å². The number of carbonyl (C=O) groups excluding carboxylic acids is 1. The second-order valence-corrected chi connectivity index (χ2v) is 8.86. The third-order valence-corrected chi connectivity index (χ3v) is 5.74. The van der Waals surface area contributed by atoms with Crippen molar-refractivity contribution in [3.63, 3.8) is 0 Å². The topological polar surface area (TPSA) is 63.5 Å². The zero-order chi connectivity index (χ0) is 21.8. The van der Waals surface area contributed by atoms with Crippen molar-refractivity contribution in [2.24, 2.45) is 0 Å². The van der Waals surface area contributed by atoms with Crippen molar-refractivity contribution in [2.75, 3.05) is 38.7 Å². The number of carbonyl (C=O) groups is 1. The van der Waals surface area contributed by atoms with Gasteiger partial charge in [0.05, 0.1) is 17.0 Å². The number of benzene rings is 1. The molecule has 1 aromatic carbocycles. The Bertz CT molecular complexity index is 1010. The van der Waals surface area contributed by atoms with Crippen LogP contribution in [0.1, 0.15) is 49.4 Å². The van der Waals surface area contributed by atoms with E-state index in [1.807, 2.05) is 66.1 Å². The number of para-hydroxylation sites is 1. The summed E-state index contributed by atoms with van der Waals surface area (Å²) in [4.78, 5) is 22.4. The standard InChI is InChI=1S/C22H31N5O2S/c1-7-29-18-10-8-11-19-20(18)23-22(30-19)26(13-9-12-25(5)6)21(28)17-14-16(4)24-27(17)15(2)3/h8,10-11,14-15H,7,9,12-13H2,1-6H3. The van der Waals surface area contributed by atoms with E-state index in [0.717, 1.165) is 34.6 Å². The molecule has 0 spiro atoms. The van der Waals surface area contributed by atoms with Crippen molar-refractivity contribution in [1.82, 2.24) is 19.7 Å². The van der Waals surface area contributed by atoms with Gasteiger partial charge in [-0.05, 0) is 73.0 Å². The molecule has 162 valence electrons. The maximum Gasteiger partial charge on any atom is 0.278 e. The van der Waals surface area contributed by atoms with Gasteiger partial charge in [-0.1, -0.05) is 17.4 Å². The predicted molar refractivity (Wildman–Crippen MR) is 123 cm³/mol. The van der Waals surface area contributed by atoms with Crippen molar-refractivity contribution in [2.45, 2.75) is 40.2 Å². The molecule has 8 heteroatoms.